The van der Waals surface area contributed by atoms with Crippen LogP contribution in [0.25, 0.3) is 22.0 Å². The summed E-state index contributed by atoms with van der Waals surface area (Å²) in [4.78, 5) is 31.3. The summed E-state index contributed by atoms with van der Waals surface area (Å²) in [6.45, 7) is 6.91. The number of aryl methyl sites for hydroxylation is 2. The van der Waals surface area contributed by atoms with Gasteiger partial charge < -0.3 is 20.9 Å². The molecule has 5 aromatic rings. The Morgan fingerprint density at radius 1 is 1.09 bits per heavy atom. The Morgan fingerprint density at radius 3 is 2.63 bits per heavy atom. The van der Waals surface area contributed by atoms with E-state index in [1.165, 1.54) is 5.56 Å². The molecule has 0 aliphatic carbocycles. The van der Waals surface area contributed by atoms with E-state index in [1.807, 2.05) is 67.3 Å². The molecule has 2 atom stereocenters. The minimum absolute atomic E-state index is 0.103. The SMILES string of the molecule is CCC[C@H](C)c1ccc(C(Nc2ccc3cc[nH]c(=O)c3c2)C(=O)N(C)Cc2cc(N)ccc2-c2ccnn2C)cc1C. The number of aromatic amines is 1. The molecule has 1 amide bonds. The van der Waals surface area contributed by atoms with Crippen molar-refractivity contribution in [3.8, 4) is 11.3 Å². The third-order valence-electron chi connectivity index (χ3n) is 8.22. The molecule has 3 aromatic carbocycles. The Hall–Kier alpha value is -4.85. The van der Waals surface area contributed by atoms with E-state index in [0.717, 1.165) is 46.2 Å². The number of anilines is 2. The van der Waals surface area contributed by atoms with Gasteiger partial charge in [0.25, 0.3) is 5.56 Å². The molecule has 2 heterocycles. The molecule has 0 bridgehead atoms. The highest BCUT2D eigenvalue weighted by atomic mass is 16.2. The molecule has 0 saturated heterocycles. The first kappa shape index (κ1) is 29.6. The van der Waals surface area contributed by atoms with Gasteiger partial charge in [-0.25, -0.2) is 0 Å². The van der Waals surface area contributed by atoms with E-state index in [9.17, 15) is 9.59 Å². The molecule has 8 heteroatoms. The molecule has 0 fully saturated rings. The van der Waals surface area contributed by atoms with Crippen LogP contribution in [-0.2, 0) is 18.4 Å². The summed E-state index contributed by atoms with van der Waals surface area (Å²) in [6.07, 6.45) is 5.61. The minimum Gasteiger partial charge on any atom is -0.399 e. The summed E-state index contributed by atoms with van der Waals surface area (Å²) in [5.41, 5.74) is 13.5. The number of pyridine rings is 1. The van der Waals surface area contributed by atoms with Crippen LogP contribution in [-0.4, -0.2) is 32.6 Å². The molecule has 0 aliphatic heterocycles. The zero-order chi connectivity index (χ0) is 30.7. The fourth-order valence-corrected chi connectivity index (χ4v) is 5.93. The number of likely N-dealkylation sites (N-methyl/N-ethyl adjacent to an activating group) is 1. The summed E-state index contributed by atoms with van der Waals surface area (Å²) in [7, 11) is 3.70. The summed E-state index contributed by atoms with van der Waals surface area (Å²) in [6, 6.07) is 20.8. The van der Waals surface area contributed by atoms with E-state index in [4.69, 9.17) is 5.73 Å². The van der Waals surface area contributed by atoms with Crippen LogP contribution in [0.5, 0.6) is 0 Å². The lowest BCUT2D eigenvalue weighted by atomic mass is 9.90. The Balaban J connectivity index is 1.51. The van der Waals surface area contributed by atoms with Crippen molar-refractivity contribution in [3.05, 3.63) is 112 Å². The molecule has 222 valence electrons. The smallest absolute Gasteiger partial charge is 0.255 e. The van der Waals surface area contributed by atoms with Crippen LogP contribution in [0.1, 0.15) is 60.9 Å². The predicted octanol–water partition coefficient (Wildman–Crippen LogP) is 6.53. The van der Waals surface area contributed by atoms with Crippen molar-refractivity contribution in [2.75, 3.05) is 18.1 Å². The molecule has 0 aliphatic rings. The average Bonchev–Trinajstić information content (AvgIpc) is 3.41. The van der Waals surface area contributed by atoms with Gasteiger partial charge in [0.1, 0.15) is 6.04 Å². The molecular formula is C35H40N6O2. The van der Waals surface area contributed by atoms with Gasteiger partial charge in [-0.1, -0.05) is 50.6 Å². The van der Waals surface area contributed by atoms with Gasteiger partial charge in [0.2, 0.25) is 5.91 Å². The van der Waals surface area contributed by atoms with Gasteiger partial charge in [-0.2, -0.15) is 5.10 Å². The molecule has 2 aromatic heterocycles. The summed E-state index contributed by atoms with van der Waals surface area (Å²) in [5, 5.41) is 9.18. The molecule has 43 heavy (non-hydrogen) atoms. The molecule has 5 rings (SSSR count). The number of nitrogens with two attached hydrogens (primary N) is 1. The largest absolute Gasteiger partial charge is 0.399 e. The van der Waals surface area contributed by atoms with Gasteiger partial charge in [-0.05, 0) is 83.3 Å². The lowest BCUT2D eigenvalue weighted by Gasteiger charge is -2.27. The molecule has 0 radical (unpaired) electrons. The Labute approximate surface area is 252 Å². The number of hydrogen-bond donors (Lipinski definition) is 3. The number of amides is 1. The number of rotatable bonds is 10. The van der Waals surface area contributed by atoms with Gasteiger partial charge in [0.15, 0.2) is 0 Å². The Bertz CT molecular complexity index is 1820. The van der Waals surface area contributed by atoms with Crippen molar-refractivity contribution in [1.82, 2.24) is 19.7 Å². The Kier molecular flexibility index (Phi) is 8.66. The van der Waals surface area contributed by atoms with E-state index in [0.29, 0.717) is 29.2 Å². The topological polar surface area (TPSA) is 109 Å². The van der Waals surface area contributed by atoms with Gasteiger partial charge in [-0.3, -0.25) is 14.3 Å². The summed E-state index contributed by atoms with van der Waals surface area (Å²) < 4.78 is 1.81. The fourth-order valence-electron chi connectivity index (χ4n) is 5.93. The normalized spacial score (nSPS) is 12.7. The van der Waals surface area contributed by atoms with Crippen LogP contribution >= 0.6 is 0 Å². The van der Waals surface area contributed by atoms with E-state index in [1.54, 1.807) is 23.4 Å². The first-order valence-corrected chi connectivity index (χ1v) is 14.8. The molecule has 0 spiro atoms. The lowest BCUT2D eigenvalue weighted by molar-refractivity contribution is -0.131. The molecule has 4 N–H and O–H groups in total. The maximum Gasteiger partial charge on any atom is 0.255 e. The van der Waals surface area contributed by atoms with E-state index < -0.39 is 6.04 Å². The fraction of sp³-hybridized carbons (Fsp3) is 0.286. The highest BCUT2D eigenvalue weighted by Gasteiger charge is 2.26. The first-order valence-electron chi connectivity index (χ1n) is 14.8. The van der Waals surface area contributed by atoms with Crippen LogP contribution in [0.2, 0.25) is 0 Å². The second-order valence-corrected chi connectivity index (χ2v) is 11.4. The summed E-state index contributed by atoms with van der Waals surface area (Å²) in [5.74, 6) is 0.333. The number of nitrogens with one attached hydrogen (secondary N) is 2. The van der Waals surface area contributed by atoms with Crippen molar-refractivity contribution >= 4 is 28.1 Å². The first-order chi connectivity index (χ1) is 20.7. The van der Waals surface area contributed by atoms with Gasteiger partial charge >= 0.3 is 0 Å². The maximum atomic E-state index is 14.3. The number of nitrogen functional groups attached to an aromatic ring is 1. The number of carbonyl (C=O) groups is 1. The van der Waals surface area contributed by atoms with Gasteiger partial charge in [0, 0.05) is 55.4 Å². The number of H-pyrrole nitrogens is 1. The molecule has 0 saturated carbocycles. The summed E-state index contributed by atoms with van der Waals surface area (Å²) >= 11 is 0. The van der Waals surface area contributed by atoms with E-state index in [2.05, 4.69) is 48.3 Å². The molecule has 1 unspecified atom stereocenters. The van der Waals surface area contributed by atoms with Crippen molar-refractivity contribution in [2.24, 2.45) is 7.05 Å². The zero-order valence-electron chi connectivity index (χ0n) is 25.5. The van der Waals surface area contributed by atoms with Crippen molar-refractivity contribution < 1.29 is 4.79 Å². The number of nitrogens with zero attached hydrogens (tertiary/aromatic N) is 3. The van der Waals surface area contributed by atoms with Crippen molar-refractivity contribution in [3.63, 3.8) is 0 Å². The third kappa shape index (κ3) is 6.33. The number of fused-ring (bicyclic) bond motifs is 1. The van der Waals surface area contributed by atoms with Crippen LogP contribution in [0, 0.1) is 6.92 Å². The van der Waals surface area contributed by atoms with Crippen LogP contribution < -0.4 is 16.6 Å². The quantitative estimate of drug-likeness (QED) is 0.164. The average molecular weight is 577 g/mol. The Morgan fingerprint density at radius 2 is 1.91 bits per heavy atom. The number of hydrogen-bond acceptors (Lipinski definition) is 5. The zero-order valence-corrected chi connectivity index (χ0v) is 25.5. The predicted molar refractivity (Wildman–Crippen MR) is 175 cm³/mol. The van der Waals surface area contributed by atoms with Crippen molar-refractivity contribution in [2.45, 2.75) is 52.1 Å². The second kappa shape index (κ2) is 12.6. The van der Waals surface area contributed by atoms with E-state index >= 15 is 0 Å². The number of carbonyl (C=O) groups excluding carboxylic acids is 1. The standard InChI is InChI=1S/C35H40N6O2/c1-6-7-22(2)29-12-9-25(18-23(29)3)33(39-28-11-8-24-14-16-37-34(42)31(24)20-28)35(43)40(4)21-26-19-27(36)10-13-30(26)32-15-17-38-41(32)5/h8-20,22,33,39H,6-7,21,36H2,1-5H3,(H,37,42)/t22-,33?/m0/s1. The maximum absolute atomic E-state index is 14.3. The highest BCUT2D eigenvalue weighted by Crippen LogP contribution is 2.31. The third-order valence-corrected chi connectivity index (χ3v) is 8.22. The van der Waals surface area contributed by atoms with Crippen LogP contribution in [0.15, 0.2) is 83.9 Å². The highest BCUT2D eigenvalue weighted by molar-refractivity contribution is 5.89. The van der Waals surface area contributed by atoms with Crippen molar-refractivity contribution in [1.29, 1.82) is 0 Å². The molecular weight excluding hydrogens is 536 g/mol. The van der Waals surface area contributed by atoms with Crippen LogP contribution in [0.4, 0.5) is 11.4 Å². The van der Waals surface area contributed by atoms with Gasteiger partial charge in [-0.15, -0.1) is 0 Å². The molecule has 8 nitrogen and oxygen atoms in total. The monoisotopic (exact) mass is 576 g/mol. The number of aromatic nitrogens is 3. The van der Waals surface area contributed by atoms with Gasteiger partial charge in [0.05, 0.1) is 5.69 Å². The lowest BCUT2D eigenvalue weighted by Crippen LogP contribution is -2.35. The van der Waals surface area contributed by atoms with Crippen LogP contribution in [0.3, 0.4) is 0 Å². The second-order valence-electron chi connectivity index (χ2n) is 11.4. The number of benzene rings is 3. The minimum atomic E-state index is -0.680. The van der Waals surface area contributed by atoms with E-state index in [-0.39, 0.29) is 11.5 Å².